The van der Waals surface area contributed by atoms with Gasteiger partial charge in [-0.05, 0) is 41.3 Å². The predicted octanol–water partition coefficient (Wildman–Crippen LogP) is 6.89. The molecule has 3 nitrogen and oxygen atoms in total. The molecule has 0 aliphatic rings. The third-order valence-corrected chi connectivity index (χ3v) is 5.50. The van der Waals surface area contributed by atoms with E-state index in [1.54, 1.807) is 0 Å². The predicted molar refractivity (Wildman–Crippen MR) is 120 cm³/mol. The van der Waals surface area contributed by atoms with E-state index in [0.717, 1.165) is 33.3 Å². The summed E-state index contributed by atoms with van der Waals surface area (Å²) in [6.45, 7) is 1.84. The van der Waals surface area contributed by atoms with Gasteiger partial charge in [-0.1, -0.05) is 84.4 Å². The lowest BCUT2D eigenvalue weighted by atomic mass is 10.0. The average molecular weight is 402 g/mol. The molecular weight excluding hydrogens is 382 g/mol. The van der Waals surface area contributed by atoms with Crippen LogP contribution in [-0.2, 0) is 6.42 Å². The molecule has 0 fully saturated rings. The minimum atomic E-state index is -0.975. The molecule has 0 amide bonds. The van der Waals surface area contributed by atoms with E-state index in [1.807, 2.05) is 85.8 Å². The summed E-state index contributed by atoms with van der Waals surface area (Å²) < 4.78 is 1.34. The molecule has 1 N–H and O–H groups in total. The maximum Gasteiger partial charge on any atom is 0.416 e. The van der Waals surface area contributed by atoms with Crippen LogP contribution in [0.4, 0.5) is 4.79 Å². The van der Waals surface area contributed by atoms with Gasteiger partial charge in [-0.3, -0.25) is 0 Å². The number of aromatic nitrogens is 1. The summed E-state index contributed by atoms with van der Waals surface area (Å²) in [6.07, 6.45) is 3.69. The zero-order valence-electron chi connectivity index (χ0n) is 16.0. The molecule has 4 aromatic rings. The largest absolute Gasteiger partial charge is 0.464 e. The second kappa shape index (κ2) is 7.98. The number of hydrogen-bond acceptors (Lipinski definition) is 1. The second-order valence-corrected chi connectivity index (χ2v) is 7.38. The van der Waals surface area contributed by atoms with E-state index in [4.69, 9.17) is 11.6 Å². The fourth-order valence-corrected chi connectivity index (χ4v) is 3.92. The van der Waals surface area contributed by atoms with Crippen molar-refractivity contribution in [1.29, 1.82) is 0 Å². The first-order chi connectivity index (χ1) is 14.0. The molecule has 144 valence electrons. The van der Waals surface area contributed by atoms with Gasteiger partial charge >= 0.3 is 6.09 Å². The van der Waals surface area contributed by atoms with Crippen LogP contribution in [0.5, 0.6) is 0 Å². The van der Waals surface area contributed by atoms with Crippen molar-refractivity contribution in [2.45, 2.75) is 13.3 Å². The van der Waals surface area contributed by atoms with Gasteiger partial charge in [0, 0.05) is 22.5 Å². The number of fused-ring (bicyclic) bond motifs is 1. The molecule has 0 atom stereocenters. The summed E-state index contributed by atoms with van der Waals surface area (Å²) in [5.41, 5.74) is 5.53. The van der Waals surface area contributed by atoms with Crippen LogP contribution in [0, 0.1) is 6.92 Å². The van der Waals surface area contributed by atoms with Crippen LogP contribution in [0.2, 0.25) is 5.02 Å². The Morgan fingerprint density at radius 2 is 1.66 bits per heavy atom. The van der Waals surface area contributed by atoms with Gasteiger partial charge in [0.05, 0.1) is 5.52 Å². The van der Waals surface area contributed by atoms with Gasteiger partial charge in [0.25, 0.3) is 0 Å². The molecule has 4 heteroatoms. The van der Waals surface area contributed by atoms with E-state index in [9.17, 15) is 9.90 Å². The first kappa shape index (κ1) is 19.0. The van der Waals surface area contributed by atoms with Gasteiger partial charge in [-0.2, -0.15) is 0 Å². The van der Waals surface area contributed by atoms with Crippen molar-refractivity contribution in [3.8, 4) is 0 Å². The zero-order chi connectivity index (χ0) is 20.4. The quantitative estimate of drug-likeness (QED) is 0.378. The maximum absolute atomic E-state index is 11.7. The molecular formula is C25H20ClNO2. The van der Waals surface area contributed by atoms with Gasteiger partial charge in [-0.15, -0.1) is 0 Å². The molecule has 4 rings (SSSR count). The highest BCUT2D eigenvalue weighted by Crippen LogP contribution is 2.30. The Morgan fingerprint density at radius 1 is 0.966 bits per heavy atom. The molecule has 0 radical (unpaired) electrons. The van der Waals surface area contributed by atoms with Crippen LogP contribution in [-0.4, -0.2) is 15.8 Å². The standard InChI is InChI=1S/C25H20ClNO2/c1-17-22(21-9-5-6-10-24(21)27(17)25(28)29)16-20-14-13-19(15-23(20)26)12-11-18-7-3-2-4-8-18/h2-15H,16H2,1H3,(H,28,29)/b12-11+. The van der Waals surface area contributed by atoms with Gasteiger partial charge in [-0.25, -0.2) is 9.36 Å². The van der Waals surface area contributed by atoms with Gasteiger partial charge in [0.1, 0.15) is 0 Å². The summed E-state index contributed by atoms with van der Waals surface area (Å²) in [7, 11) is 0. The maximum atomic E-state index is 11.7. The van der Waals surface area contributed by atoms with Crippen LogP contribution in [0.25, 0.3) is 23.1 Å². The van der Waals surface area contributed by atoms with Crippen LogP contribution in [0.1, 0.15) is 27.9 Å². The third kappa shape index (κ3) is 3.82. The summed E-state index contributed by atoms with van der Waals surface area (Å²) in [5, 5.41) is 11.2. The Bertz CT molecular complexity index is 1220. The Balaban J connectivity index is 1.66. The average Bonchev–Trinajstić information content (AvgIpc) is 3.00. The molecule has 0 saturated heterocycles. The highest BCUT2D eigenvalue weighted by molar-refractivity contribution is 6.31. The normalized spacial score (nSPS) is 11.4. The number of halogens is 1. The van der Waals surface area contributed by atoms with Crippen LogP contribution in [0.3, 0.4) is 0 Å². The number of para-hydroxylation sites is 1. The van der Waals surface area contributed by atoms with Crippen LogP contribution < -0.4 is 0 Å². The number of carboxylic acid groups (broad SMARTS) is 1. The van der Waals surface area contributed by atoms with Crippen molar-refractivity contribution >= 4 is 40.7 Å². The highest BCUT2D eigenvalue weighted by Gasteiger charge is 2.18. The topological polar surface area (TPSA) is 42.2 Å². The van der Waals surface area contributed by atoms with E-state index in [1.165, 1.54) is 4.57 Å². The van der Waals surface area contributed by atoms with Crippen molar-refractivity contribution in [1.82, 2.24) is 4.57 Å². The van der Waals surface area contributed by atoms with Crippen molar-refractivity contribution in [3.05, 3.63) is 106 Å². The smallest absolute Gasteiger partial charge is 0.416 e. The minimum Gasteiger partial charge on any atom is -0.464 e. The van der Waals surface area contributed by atoms with Gasteiger partial charge in [0.15, 0.2) is 0 Å². The summed E-state index contributed by atoms with van der Waals surface area (Å²) in [5.74, 6) is 0. The van der Waals surface area contributed by atoms with E-state index in [2.05, 4.69) is 6.08 Å². The third-order valence-electron chi connectivity index (χ3n) is 5.15. The molecule has 1 heterocycles. The molecule has 29 heavy (non-hydrogen) atoms. The van der Waals surface area contributed by atoms with E-state index >= 15 is 0 Å². The Morgan fingerprint density at radius 3 is 2.38 bits per heavy atom. The molecule has 0 unspecified atom stereocenters. The molecule has 1 aromatic heterocycles. The van der Waals surface area contributed by atoms with Crippen molar-refractivity contribution in [2.75, 3.05) is 0 Å². The Kier molecular flexibility index (Phi) is 5.24. The SMILES string of the molecule is Cc1c(Cc2ccc(/C=C/c3ccccc3)cc2Cl)c2ccccc2n1C(=O)O. The van der Waals surface area contributed by atoms with Gasteiger partial charge < -0.3 is 5.11 Å². The second-order valence-electron chi connectivity index (χ2n) is 6.97. The number of rotatable bonds is 4. The number of hydrogen-bond donors (Lipinski definition) is 1. The lowest BCUT2D eigenvalue weighted by molar-refractivity contribution is 0.197. The Hall–Kier alpha value is -3.30. The van der Waals surface area contributed by atoms with Gasteiger partial charge in [0.2, 0.25) is 0 Å². The number of carbonyl (C=O) groups is 1. The highest BCUT2D eigenvalue weighted by atomic mass is 35.5. The van der Waals surface area contributed by atoms with Crippen LogP contribution in [0.15, 0.2) is 72.8 Å². The number of nitrogens with zero attached hydrogens (tertiary/aromatic N) is 1. The van der Waals surface area contributed by atoms with Crippen molar-refractivity contribution in [3.63, 3.8) is 0 Å². The molecule has 0 saturated carbocycles. The monoisotopic (exact) mass is 401 g/mol. The fourth-order valence-electron chi connectivity index (χ4n) is 3.66. The summed E-state index contributed by atoms with van der Waals surface area (Å²) in [4.78, 5) is 11.7. The molecule has 0 spiro atoms. The zero-order valence-corrected chi connectivity index (χ0v) is 16.7. The van der Waals surface area contributed by atoms with Crippen molar-refractivity contribution in [2.24, 2.45) is 0 Å². The first-order valence-electron chi connectivity index (χ1n) is 9.38. The fraction of sp³-hybridized carbons (Fsp3) is 0.0800. The lowest BCUT2D eigenvalue weighted by Gasteiger charge is -2.07. The van der Waals surface area contributed by atoms with E-state index in [0.29, 0.717) is 17.0 Å². The summed E-state index contributed by atoms with van der Waals surface area (Å²) >= 11 is 6.58. The molecule has 0 aliphatic carbocycles. The van der Waals surface area contributed by atoms with Crippen LogP contribution >= 0.6 is 11.6 Å². The van der Waals surface area contributed by atoms with E-state index < -0.39 is 6.09 Å². The molecule has 0 bridgehead atoms. The molecule has 3 aromatic carbocycles. The lowest BCUT2D eigenvalue weighted by Crippen LogP contribution is -2.09. The molecule has 0 aliphatic heterocycles. The number of benzene rings is 3. The summed E-state index contributed by atoms with van der Waals surface area (Å²) in [6, 6.07) is 23.7. The minimum absolute atomic E-state index is 0.578. The Labute approximate surface area is 174 Å². The van der Waals surface area contributed by atoms with Crippen molar-refractivity contribution < 1.29 is 9.90 Å². The van der Waals surface area contributed by atoms with E-state index in [-0.39, 0.29) is 0 Å². The first-order valence-corrected chi connectivity index (χ1v) is 9.76.